The molecule has 0 aromatic carbocycles. The molecule has 2 heterocycles. The number of aliphatic hydroxyl groups is 1. The lowest BCUT2D eigenvalue weighted by Crippen LogP contribution is -2.42. The Morgan fingerprint density at radius 2 is 2.33 bits per heavy atom. The van der Waals surface area contributed by atoms with Crippen molar-refractivity contribution in [2.45, 2.75) is 50.6 Å². The fourth-order valence-electron chi connectivity index (χ4n) is 3.14. The van der Waals surface area contributed by atoms with Crippen molar-refractivity contribution in [1.29, 1.82) is 0 Å². The number of hydrogen-bond acceptors (Lipinski definition) is 2. The van der Waals surface area contributed by atoms with Crippen LogP contribution in [0.3, 0.4) is 0 Å². The van der Waals surface area contributed by atoms with Crippen LogP contribution in [-0.2, 0) is 0 Å². The molecule has 0 aromatic heterocycles. The molecule has 2 heteroatoms. The maximum absolute atomic E-state index is 9.18. The van der Waals surface area contributed by atoms with E-state index in [9.17, 15) is 5.11 Å². The van der Waals surface area contributed by atoms with Crippen LogP contribution in [0.5, 0.6) is 0 Å². The molecule has 0 radical (unpaired) electrons. The van der Waals surface area contributed by atoms with Crippen LogP contribution < -0.4 is 0 Å². The third kappa shape index (κ3) is 1.01. The number of nitrogens with zero attached hydrogens (tertiary/aromatic N) is 1. The zero-order valence-electron chi connectivity index (χ0n) is 7.92. The van der Waals surface area contributed by atoms with E-state index in [2.05, 4.69) is 11.8 Å². The van der Waals surface area contributed by atoms with E-state index in [0.29, 0.717) is 18.2 Å². The predicted molar refractivity (Wildman–Crippen MR) is 49.1 cm³/mol. The van der Waals surface area contributed by atoms with E-state index < -0.39 is 0 Å². The van der Waals surface area contributed by atoms with Crippen molar-refractivity contribution in [1.82, 2.24) is 4.90 Å². The molecule has 12 heavy (non-hydrogen) atoms. The highest BCUT2D eigenvalue weighted by Crippen LogP contribution is 2.44. The van der Waals surface area contributed by atoms with Gasteiger partial charge < -0.3 is 5.11 Å². The van der Waals surface area contributed by atoms with Gasteiger partial charge in [0.15, 0.2) is 0 Å². The van der Waals surface area contributed by atoms with Gasteiger partial charge in [-0.3, -0.25) is 4.90 Å². The summed E-state index contributed by atoms with van der Waals surface area (Å²) in [5.74, 6) is 0. The van der Waals surface area contributed by atoms with E-state index in [1.165, 1.54) is 38.6 Å². The Morgan fingerprint density at radius 3 is 3.00 bits per heavy atom. The Balaban J connectivity index is 2.14. The molecule has 2 fully saturated rings. The summed E-state index contributed by atoms with van der Waals surface area (Å²) in [4.78, 5) is 2.56. The van der Waals surface area contributed by atoms with Crippen LogP contribution in [0.25, 0.3) is 0 Å². The van der Waals surface area contributed by atoms with Gasteiger partial charge in [0.25, 0.3) is 0 Å². The molecule has 2 nitrogen and oxygen atoms in total. The fourth-order valence-corrected chi connectivity index (χ4v) is 3.14. The normalized spacial score (nSPS) is 42.0. The van der Waals surface area contributed by atoms with Crippen molar-refractivity contribution in [3.63, 3.8) is 0 Å². The Bertz CT molecular complexity index is 171. The Labute approximate surface area is 74.6 Å². The Kier molecular flexibility index (Phi) is 2.13. The molecule has 2 aliphatic rings. The summed E-state index contributed by atoms with van der Waals surface area (Å²) >= 11 is 0. The van der Waals surface area contributed by atoms with Crippen molar-refractivity contribution in [3.05, 3.63) is 0 Å². The van der Waals surface area contributed by atoms with Crippen LogP contribution in [0, 0.1) is 0 Å². The summed E-state index contributed by atoms with van der Waals surface area (Å²) in [6, 6.07) is 0.479. The van der Waals surface area contributed by atoms with E-state index in [1.807, 2.05) is 0 Å². The first-order chi connectivity index (χ1) is 5.82. The van der Waals surface area contributed by atoms with Crippen LogP contribution in [-0.4, -0.2) is 34.7 Å². The minimum Gasteiger partial charge on any atom is -0.395 e. The first kappa shape index (κ1) is 8.52. The lowest BCUT2D eigenvalue weighted by molar-refractivity contribution is 0.103. The van der Waals surface area contributed by atoms with Crippen molar-refractivity contribution < 1.29 is 5.11 Å². The third-order valence-electron chi connectivity index (χ3n) is 3.90. The quantitative estimate of drug-likeness (QED) is 0.675. The average Bonchev–Trinajstić information content (AvgIpc) is 2.61. The van der Waals surface area contributed by atoms with Gasteiger partial charge in [-0.1, -0.05) is 6.92 Å². The monoisotopic (exact) mass is 169 g/mol. The minimum absolute atomic E-state index is 0.363. The summed E-state index contributed by atoms with van der Waals surface area (Å²) in [6.45, 7) is 3.87. The molecule has 0 bridgehead atoms. The standard InChI is InChI=1S/C10H19NO/c1-2-10-5-3-7-11(10)9(8-12)4-6-10/h9,12H,2-8H2,1H3/t9-,10-/m0/s1. The number of hydrogen-bond donors (Lipinski definition) is 1. The van der Waals surface area contributed by atoms with E-state index >= 15 is 0 Å². The molecule has 2 atom stereocenters. The zero-order valence-corrected chi connectivity index (χ0v) is 7.92. The second-order valence-electron chi connectivity index (χ2n) is 4.25. The molecule has 0 spiro atoms. The zero-order chi connectivity index (χ0) is 8.60. The molecule has 0 amide bonds. The maximum Gasteiger partial charge on any atom is 0.0587 e. The first-order valence-electron chi connectivity index (χ1n) is 5.20. The molecular formula is C10H19NO. The van der Waals surface area contributed by atoms with E-state index in [-0.39, 0.29) is 0 Å². The topological polar surface area (TPSA) is 23.5 Å². The van der Waals surface area contributed by atoms with Gasteiger partial charge in [-0.05, 0) is 38.6 Å². The molecule has 0 unspecified atom stereocenters. The summed E-state index contributed by atoms with van der Waals surface area (Å²) in [7, 11) is 0. The Hall–Kier alpha value is -0.0800. The number of aliphatic hydroxyl groups excluding tert-OH is 1. The first-order valence-corrected chi connectivity index (χ1v) is 5.20. The SMILES string of the molecule is CC[C@@]12CCCN1[C@H](CO)CC2. The Morgan fingerprint density at radius 1 is 1.50 bits per heavy atom. The minimum atomic E-state index is 0.363. The van der Waals surface area contributed by atoms with Crippen LogP contribution in [0.15, 0.2) is 0 Å². The lowest BCUT2D eigenvalue weighted by atomic mass is 9.91. The second-order valence-corrected chi connectivity index (χ2v) is 4.25. The molecule has 1 N–H and O–H groups in total. The predicted octanol–water partition coefficient (Wildman–Crippen LogP) is 1.39. The lowest BCUT2D eigenvalue weighted by Gasteiger charge is -2.33. The van der Waals surface area contributed by atoms with Crippen LogP contribution in [0.4, 0.5) is 0 Å². The van der Waals surface area contributed by atoms with Crippen LogP contribution in [0.2, 0.25) is 0 Å². The van der Waals surface area contributed by atoms with Gasteiger partial charge >= 0.3 is 0 Å². The molecule has 0 saturated carbocycles. The molecule has 2 saturated heterocycles. The highest BCUT2D eigenvalue weighted by Gasteiger charge is 2.47. The van der Waals surface area contributed by atoms with Crippen molar-refractivity contribution in [2.24, 2.45) is 0 Å². The van der Waals surface area contributed by atoms with Gasteiger partial charge in [0.05, 0.1) is 6.61 Å². The fraction of sp³-hybridized carbons (Fsp3) is 1.00. The van der Waals surface area contributed by atoms with Gasteiger partial charge in [0, 0.05) is 11.6 Å². The number of rotatable bonds is 2. The molecule has 0 aliphatic carbocycles. The summed E-state index contributed by atoms with van der Waals surface area (Å²) in [5, 5.41) is 9.18. The van der Waals surface area contributed by atoms with Crippen molar-refractivity contribution in [3.8, 4) is 0 Å². The van der Waals surface area contributed by atoms with Gasteiger partial charge in [-0.2, -0.15) is 0 Å². The van der Waals surface area contributed by atoms with Crippen LogP contribution >= 0.6 is 0 Å². The van der Waals surface area contributed by atoms with E-state index in [4.69, 9.17) is 0 Å². The molecule has 2 rings (SSSR count). The third-order valence-corrected chi connectivity index (χ3v) is 3.90. The largest absolute Gasteiger partial charge is 0.395 e. The van der Waals surface area contributed by atoms with E-state index in [1.54, 1.807) is 0 Å². The van der Waals surface area contributed by atoms with E-state index in [0.717, 1.165) is 0 Å². The highest BCUT2D eigenvalue weighted by molar-refractivity contribution is 5.03. The van der Waals surface area contributed by atoms with Gasteiger partial charge in [-0.15, -0.1) is 0 Å². The number of fused-ring (bicyclic) bond motifs is 1. The average molecular weight is 169 g/mol. The van der Waals surface area contributed by atoms with Gasteiger partial charge in [0.1, 0.15) is 0 Å². The molecule has 0 aromatic rings. The summed E-state index contributed by atoms with van der Waals surface area (Å²) in [6.07, 6.45) is 6.49. The summed E-state index contributed by atoms with van der Waals surface area (Å²) in [5.41, 5.74) is 0.493. The smallest absolute Gasteiger partial charge is 0.0587 e. The van der Waals surface area contributed by atoms with Crippen molar-refractivity contribution >= 4 is 0 Å². The van der Waals surface area contributed by atoms with Gasteiger partial charge in [0.2, 0.25) is 0 Å². The molecule has 2 aliphatic heterocycles. The second kappa shape index (κ2) is 3.00. The van der Waals surface area contributed by atoms with Crippen LogP contribution in [0.1, 0.15) is 39.0 Å². The molecular weight excluding hydrogens is 150 g/mol. The van der Waals surface area contributed by atoms with Crippen molar-refractivity contribution in [2.75, 3.05) is 13.2 Å². The molecule has 70 valence electrons. The highest BCUT2D eigenvalue weighted by atomic mass is 16.3. The van der Waals surface area contributed by atoms with Gasteiger partial charge in [-0.25, -0.2) is 0 Å². The maximum atomic E-state index is 9.18. The summed E-state index contributed by atoms with van der Waals surface area (Å²) < 4.78 is 0.